The van der Waals surface area contributed by atoms with Gasteiger partial charge in [-0.1, -0.05) is 25.0 Å². The van der Waals surface area contributed by atoms with E-state index in [1.54, 1.807) is 24.3 Å². The fourth-order valence-electron chi connectivity index (χ4n) is 2.94. The third-order valence-electron chi connectivity index (χ3n) is 4.17. The second-order valence-corrected chi connectivity index (χ2v) is 5.68. The lowest BCUT2D eigenvalue weighted by molar-refractivity contribution is 0.102. The summed E-state index contributed by atoms with van der Waals surface area (Å²) in [5, 5.41) is 2.92. The van der Waals surface area contributed by atoms with Crippen LogP contribution in [0.5, 0.6) is 0 Å². The minimum atomic E-state index is -0.108. The zero-order valence-corrected chi connectivity index (χ0v) is 12.0. The molecular formula is C18H20N2O. The predicted octanol–water partition coefficient (Wildman–Crippen LogP) is 4.18. The number of nitrogens with two attached hydrogens (primary N) is 1. The SMILES string of the molecule is Nc1ccc(C(=O)Nc2ccc(C3CCCC3)cc2)cc1. The summed E-state index contributed by atoms with van der Waals surface area (Å²) in [5.41, 5.74) is 9.12. The van der Waals surface area contributed by atoms with Gasteiger partial charge < -0.3 is 11.1 Å². The third-order valence-corrected chi connectivity index (χ3v) is 4.17. The molecule has 1 aliphatic rings. The molecule has 0 aliphatic heterocycles. The van der Waals surface area contributed by atoms with E-state index in [0.29, 0.717) is 17.2 Å². The van der Waals surface area contributed by atoms with Gasteiger partial charge >= 0.3 is 0 Å². The summed E-state index contributed by atoms with van der Waals surface area (Å²) < 4.78 is 0. The van der Waals surface area contributed by atoms with Crippen LogP contribution in [0.4, 0.5) is 11.4 Å². The van der Waals surface area contributed by atoms with Crippen molar-refractivity contribution in [3.05, 3.63) is 59.7 Å². The Morgan fingerprint density at radius 2 is 1.57 bits per heavy atom. The molecule has 0 spiro atoms. The number of hydrogen-bond acceptors (Lipinski definition) is 2. The van der Waals surface area contributed by atoms with E-state index in [4.69, 9.17) is 5.73 Å². The topological polar surface area (TPSA) is 55.1 Å². The van der Waals surface area contributed by atoms with Crippen LogP contribution < -0.4 is 11.1 Å². The minimum Gasteiger partial charge on any atom is -0.399 e. The molecule has 2 aromatic carbocycles. The molecule has 21 heavy (non-hydrogen) atoms. The molecule has 0 aromatic heterocycles. The molecule has 3 N–H and O–H groups in total. The van der Waals surface area contributed by atoms with Crippen molar-refractivity contribution in [2.45, 2.75) is 31.6 Å². The van der Waals surface area contributed by atoms with Crippen LogP contribution in [-0.2, 0) is 0 Å². The Hall–Kier alpha value is -2.29. The van der Waals surface area contributed by atoms with Crippen LogP contribution in [0.1, 0.15) is 47.5 Å². The molecule has 1 fully saturated rings. The van der Waals surface area contributed by atoms with E-state index >= 15 is 0 Å². The van der Waals surface area contributed by atoms with E-state index < -0.39 is 0 Å². The molecule has 3 nitrogen and oxygen atoms in total. The maximum absolute atomic E-state index is 12.1. The number of nitrogen functional groups attached to an aromatic ring is 1. The van der Waals surface area contributed by atoms with Crippen LogP contribution in [0.3, 0.4) is 0 Å². The number of anilines is 2. The van der Waals surface area contributed by atoms with Crippen molar-refractivity contribution in [3.63, 3.8) is 0 Å². The largest absolute Gasteiger partial charge is 0.399 e. The van der Waals surface area contributed by atoms with E-state index in [1.165, 1.54) is 31.2 Å². The van der Waals surface area contributed by atoms with E-state index in [2.05, 4.69) is 17.4 Å². The lowest BCUT2D eigenvalue weighted by Gasteiger charge is -2.11. The Kier molecular flexibility index (Phi) is 3.91. The molecule has 0 heterocycles. The van der Waals surface area contributed by atoms with Crippen LogP contribution in [-0.4, -0.2) is 5.91 Å². The van der Waals surface area contributed by atoms with Gasteiger partial charge in [0.05, 0.1) is 0 Å². The number of carbonyl (C=O) groups excluding carboxylic acids is 1. The second-order valence-electron chi connectivity index (χ2n) is 5.68. The highest BCUT2D eigenvalue weighted by atomic mass is 16.1. The fourth-order valence-corrected chi connectivity index (χ4v) is 2.94. The molecule has 0 saturated heterocycles. The minimum absolute atomic E-state index is 0.108. The number of nitrogens with one attached hydrogen (secondary N) is 1. The summed E-state index contributed by atoms with van der Waals surface area (Å²) in [7, 11) is 0. The van der Waals surface area contributed by atoms with Gasteiger partial charge in [-0.3, -0.25) is 4.79 Å². The molecule has 0 unspecified atom stereocenters. The van der Waals surface area contributed by atoms with E-state index in [-0.39, 0.29) is 5.91 Å². The lowest BCUT2D eigenvalue weighted by Crippen LogP contribution is -2.11. The Balaban J connectivity index is 1.67. The average molecular weight is 280 g/mol. The first-order valence-electron chi connectivity index (χ1n) is 7.49. The van der Waals surface area contributed by atoms with Gasteiger partial charge in [0.1, 0.15) is 0 Å². The maximum atomic E-state index is 12.1. The summed E-state index contributed by atoms with van der Waals surface area (Å²) in [6, 6.07) is 15.2. The van der Waals surface area contributed by atoms with Crippen LogP contribution in [0.25, 0.3) is 0 Å². The molecular weight excluding hydrogens is 260 g/mol. The van der Waals surface area contributed by atoms with Gasteiger partial charge in [0.2, 0.25) is 0 Å². The summed E-state index contributed by atoms with van der Waals surface area (Å²) in [4.78, 5) is 12.1. The Labute approximate surface area is 125 Å². The molecule has 3 rings (SSSR count). The van der Waals surface area contributed by atoms with Gasteiger partial charge in [-0.05, 0) is 60.7 Å². The van der Waals surface area contributed by atoms with Gasteiger partial charge in [0.25, 0.3) is 5.91 Å². The molecule has 0 radical (unpaired) electrons. The van der Waals surface area contributed by atoms with Gasteiger partial charge in [-0.2, -0.15) is 0 Å². The quantitative estimate of drug-likeness (QED) is 0.829. The number of rotatable bonds is 3. The summed E-state index contributed by atoms with van der Waals surface area (Å²) in [6.07, 6.45) is 5.24. The van der Waals surface area contributed by atoms with Crippen LogP contribution in [0.2, 0.25) is 0 Å². The number of benzene rings is 2. The highest BCUT2D eigenvalue weighted by Gasteiger charge is 2.16. The van der Waals surface area contributed by atoms with Crippen LogP contribution in [0.15, 0.2) is 48.5 Å². The highest BCUT2D eigenvalue weighted by molar-refractivity contribution is 6.04. The first-order valence-corrected chi connectivity index (χ1v) is 7.49. The normalized spacial score (nSPS) is 15.0. The predicted molar refractivity (Wildman–Crippen MR) is 86.5 cm³/mol. The van der Waals surface area contributed by atoms with Gasteiger partial charge in [0.15, 0.2) is 0 Å². The van der Waals surface area contributed by atoms with E-state index in [9.17, 15) is 4.79 Å². The Morgan fingerprint density at radius 3 is 2.19 bits per heavy atom. The van der Waals surface area contributed by atoms with E-state index in [0.717, 1.165) is 5.69 Å². The third kappa shape index (κ3) is 3.24. The van der Waals surface area contributed by atoms with Gasteiger partial charge in [-0.15, -0.1) is 0 Å². The maximum Gasteiger partial charge on any atom is 0.255 e. The lowest BCUT2D eigenvalue weighted by atomic mass is 9.97. The van der Waals surface area contributed by atoms with Crippen molar-refractivity contribution in [1.82, 2.24) is 0 Å². The van der Waals surface area contributed by atoms with Gasteiger partial charge in [-0.25, -0.2) is 0 Å². The zero-order valence-electron chi connectivity index (χ0n) is 12.0. The molecule has 3 heteroatoms. The van der Waals surface area contributed by atoms with Crippen molar-refractivity contribution in [1.29, 1.82) is 0 Å². The Morgan fingerprint density at radius 1 is 0.952 bits per heavy atom. The van der Waals surface area contributed by atoms with Crippen molar-refractivity contribution in [2.75, 3.05) is 11.1 Å². The first-order chi connectivity index (χ1) is 10.2. The zero-order chi connectivity index (χ0) is 14.7. The second kappa shape index (κ2) is 6.00. The molecule has 108 valence electrons. The van der Waals surface area contributed by atoms with Crippen LogP contribution in [0, 0.1) is 0 Å². The molecule has 1 amide bonds. The molecule has 1 saturated carbocycles. The van der Waals surface area contributed by atoms with Gasteiger partial charge in [0, 0.05) is 16.9 Å². The monoisotopic (exact) mass is 280 g/mol. The smallest absolute Gasteiger partial charge is 0.255 e. The van der Waals surface area contributed by atoms with Crippen molar-refractivity contribution < 1.29 is 4.79 Å². The summed E-state index contributed by atoms with van der Waals surface area (Å²) in [5.74, 6) is 0.593. The molecule has 0 bridgehead atoms. The van der Waals surface area contributed by atoms with Crippen molar-refractivity contribution in [3.8, 4) is 0 Å². The highest BCUT2D eigenvalue weighted by Crippen LogP contribution is 2.34. The average Bonchev–Trinajstić information content (AvgIpc) is 3.03. The van der Waals surface area contributed by atoms with Crippen LogP contribution >= 0.6 is 0 Å². The van der Waals surface area contributed by atoms with E-state index in [1.807, 2.05) is 12.1 Å². The van der Waals surface area contributed by atoms with Crippen molar-refractivity contribution in [2.24, 2.45) is 0 Å². The molecule has 2 aromatic rings. The standard InChI is InChI=1S/C18H20N2O/c19-16-9-5-15(6-10-16)18(21)20-17-11-7-14(8-12-17)13-3-1-2-4-13/h5-13H,1-4,19H2,(H,20,21). The first kappa shape index (κ1) is 13.7. The number of amides is 1. The van der Waals surface area contributed by atoms with Crippen molar-refractivity contribution >= 4 is 17.3 Å². The fraction of sp³-hybridized carbons (Fsp3) is 0.278. The summed E-state index contributed by atoms with van der Waals surface area (Å²) in [6.45, 7) is 0. The Bertz CT molecular complexity index is 611. The summed E-state index contributed by atoms with van der Waals surface area (Å²) >= 11 is 0. The number of carbonyl (C=O) groups is 1. The molecule has 0 atom stereocenters. The number of hydrogen-bond donors (Lipinski definition) is 2. The molecule has 1 aliphatic carbocycles.